The van der Waals surface area contributed by atoms with Crippen molar-refractivity contribution in [1.29, 1.82) is 0 Å². The van der Waals surface area contributed by atoms with Crippen molar-refractivity contribution in [3.05, 3.63) is 44.4 Å². The Kier molecular flexibility index (Phi) is 3.00. The zero-order chi connectivity index (χ0) is 14.5. The van der Waals surface area contributed by atoms with Crippen LogP contribution in [0.2, 0.25) is 0 Å². The number of aromatic nitrogens is 3. The van der Waals surface area contributed by atoms with E-state index in [0.29, 0.717) is 16.6 Å². The zero-order valence-electron chi connectivity index (χ0n) is 10.0. The fourth-order valence-corrected chi connectivity index (χ4v) is 2.51. The molecule has 0 amide bonds. The number of alkyl halides is 3. The second-order valence-corrected chi connectivity index (χ2v) is 5.45. The van der Waals surface area contributed by atoms with Gasteiger partial charge in [0.05, 0.1) is 11.3 Å². The largest absolute Gasteiger partial charge is 0.417 e. The zero-order valence-corrected chi connectivity index (χ0v) is 11.6. The summed E-state index contributed by atoms with van der Waals surface area (Å²) in [6, 6.07) is 2.07. The van der Waals surface area contributed by atoms with Crippen LogP contribution in [0.1, 0.15) is 30.0 Å². The summed E-state index contributed by atoms with van der Waals surface area (Å²) < 4.78 is 38.9. The molecular weight excluding hydrogens is 339 g/mol. The van der Waals surface area contributed by atoms with E-state index >= 15 is 0 Å². The maximum absolute atomic E-state index is 12.5. The Morgan fingerprint density at radius 3 is 2.55 bits per heavy atom. The molecule has 1 aliphatic carbocycles. The van der Waals surface area contributed by atoms with E-state index in [1.54, 1.807) is 0 Å². The van der Waals surface area contributed by atoms with Crippen LogP contribution < -0.4 is 5.56 Å². The van der Waals surface area contributed by atoms with Gasteiger partial charge in [0.2, 0.25) is 0 Å². The van der Waals surface area contributed by atoms with Gasteiger partial charge in [0.1, 0.15) is 4.47 Å². The minimum absolute atomic E-state index is 0.135. The first kappa shape index (κ1) is 13.4. The highest BCUT2D eigenvalue weighted by atomic mass is 79.9. The standard InChI is InChI=1S/C12H9BrF3N3O/c13-9-10(6-1-2-6)18-19(11(9)20)8-4-3-7(5-17-8)12(14,15)16/h3-6,18H,1-2H2. The lowest BCUT2D eigenvalue weighted by Gasteiger charge is -2.06. The lowest BCUT2D eigenvalue weighted by molar-refractivity contribution is -0.137. The van der Waals surface area contributed by atoms with E-state index in [1.165, 1.54) is 6.07 Å². The predicted molar refractivity (Wildman–Crippen MR) is 68.9 cm³/mol. The third kappa shape index (κ3) is 2.28. The van der Waals surface area contributed by atoms with Crippen molar-refractivity contribution in [1.82, 2.24) is 14.8 Å². The van der Waals surface area contributed by atoms with Crippen LogP contribution in [0.5, 0.6) is 0 Å². The third-order valence-electron chi connectivity index (χ3n) is 3.15. The number of pyridine rings is 1. The summed E-state index contributed by atoms with van der Waals surface area (Å²) >= 11 is 3.21. The molecule has 2 heterocycles. The molecule has 2 aromatic heterocycles. The Hall–Kier alpha value is -1.57. The lowest BCUT2D eigenvalue weighted by atomic mass is 10.3. The summed E-state index contributed by atoms with van der Waals surface area (Å²) in [4.78, 5) is 15.7. The van der Waals surface area contributed by atoms with E-state index in [0.717, 1.165) is 29.3 Å². The molecule has 8 heteroatoms. The Labute approximate surface area is 119 Å². The van der Waals surface area contributed by atoms with Gasteiger partial charge in [-0.3, -0.25) is 9.89 Å². The van der Waals surface area contributed by atoms with E-state index < -0.39 is 11.7 Å². The number of rotatable bonds is 2. The maximum atomic E-state index is 12.5. The van der Waals surface area contributed by atoms with Gasteiger partial charge in [0, 0.05) is 12.1 Å². The topological polar surface area (TPSA) is 50.7 Å². The molecule has 0 unspecified atom stereocenters. The molecule has 1 saturated carbocycles. The minimum Gasteiger partial charge on any atom is -0.292 e. The second kappa shape index (κ2) is 4.47. The van der Waals surface area contributed by atoms with Crippen LogP contribution in [0.4, 0.5) is 13.2 Å². The van der Waals surface area contributed by atoms with Crippen LogP contribution >= 0.6 is 15.9 Å². The Morgan fingerprint density at radius 1 is 1.35 bits per heavy atom. The van der Waals surface area contributed by atoms with Gasteiger partial charge in [0.15, 0.2) is 5.82 Å². The average molecular weight is 348 g/mol. The number of H-pyrrole nitrogens is 1. The van der Waals surface area contributed by atoms with Crippen LogP contribution in [-0.4, -0.2) is 14.8 Å². The Bertz CT molecular complexity index is 698. The van der Waals surface area contributed by atoms with Crippen molar-refractivity contribution in [2.45, 2.75) is 24.9 Å². The number of nitrogens with zero attached hydrogens (tertiary/aromatic N) is 2. The third-order valence-corrected chi connectivity index (χ3v) is 3.92. The molecule has 2 aromatic rings. The number of aromatic amines is 1. The van der Waals surface area contributed by atoms with Crippen LogP contribution in [0.25, 0.3) is 5.82 Å². The summed E-state index contributed by atoms with van der Waals surface area (Å²) in [5, 5.41) is 2.90. The molecule has 0 atom stereocenters. The maximum Gasteiger partial charge on any atom is 0.417 e. The smallest absolute Gasteiger partial charge is 0.292 e. The summed E-state index contributed by atoms with van der Waals surface area (Å²) in [5.41, 5.74) is -0.418. The van der Waals surface area contributed by atoms with Gasteiger partial charge in [0.25, 0.3) is 5.56 Å². The molecule has 0 aromatic carbocycles. The number of nitrogens with one attached hydrogen (secondary N) is 1. The predicted octanol–water partition coefficient (Wildman–Crippen LogP) is 3.22. The SMILES string of the molecule is O=c1c(Br)c(C2CC2)[nH]n1-c1ccc(C(F)(F)F)cn1. The Morgan fingerprint density at radius 2 is 2.05 bits per heavy atom. The van der Waals surface area contributed by atoms with Gasteiger partial charge in [-0.2, -0.15) is 13.2 Å². The fraction of sp³-hybridized carbons (Fsp3) is 0.333. The molecular formula is C12H9BrF3N3O. The van der Waals surface area contributed by atoms with E-state index in [2.05, 4.69) is 26.0 Å². The first-order chi connectivity index (χ1) is 9.38. The van der Waals surface area contributed by atoms with Crippen molar-refractivity contribution < 1.29 is 13.2 Å². The molecule has 1 fully saturated rings. The van der Waals surface area contributed by atoms with Crippen LogP contribution in [-0.2, 0) is 6.18 Å². The van der Waals surface area contributed by atoms with Gasteiger partial charge < -0.3 is 0 Å². The summed E-state index contributed by atoms with van der Waals surface area (Å²) in [5.74, 6) is 0.448. The van der Waals surface area contributed by atoms with Gasteiger partial charge in [-0.05, 0) is 40.9 Å². The van der Waals surface area contributed by atoms with E-state index in [4.69, 9.17) is 0 Å². The highest BCUT2D eigenvalue weighted by Gasteiger charge is 2.32. The second-order valence-electron chi connectivity index (χ2n) is 4.66. The Balaban J connectivity index is 2.01. The van der Waals surface area contributed by atoms with Crippen molar-refractivity contribution in [3.8, 4) is 5.82 Å². The van der Waals surface area contributed by atoms with Crippen LogP contribution in [0.15, 0.2) is 27.6 Å². The molecule has 1 N–H and O–H groups in total. The molecule has 0 saturated heterocycles. The van der Waals surface area contributed by atoms with Crippen LogP contribution in [0, 0.1) is 0 Å². The molecule has 1 aliphatic rings. The molecule has 3 rings (SSSR count). The first-order valence-electron chi connectivity index (χ1n) is 5.92. The monoisotopic (exact) mass is 347 g/mol. The summed E-state index contributed by atoms with van der Waals surface area (Å²) in [6.07, 6.45) is -1.72. The molecule has 106 valence electrons. The van der Waals surface area contributed by atoms with Gasteiger partial charge in [-0.25, -0.2) is 9.67 Å². The van der Waals surface area contributed by atoms with Crippen molar-refractivity contribution in [3.63, 3.8) is 0 Å². The number of hydrogen-bond acceptors (Lipinski definition) is 2. The van der Waals surface area contributed by atoms with Gasteiger partial charge in [-0.15, -0.1) is 0 Å². The number of hydrogen-bond donors (Lipinski definition) is 1. The summed E-state index contributed by atoms with van der Waals surface area (Å²) in [7, 11) is 0. The average Bonchev–Trinajstić information content (AvgIpc) is 3.18. The van der Waals surface area contributed by atoms with Gasteiger partial charge in [-0.1, -0.05) is 0 Å². The highest BCUT2D eigenvalue weighted by Crippen LogP contribution is 2.41. The van der Waals surface area contributed by atoms with E-state index in [-0.39, 0.29) is 11.4 Å². The molecule has 0 radical (unpaired) electrons. The van der Waals surface area contributed by atoms with Crippen molar-refractivity contribution in [2.24, 2.45) is 0 Å². The first-order valence-corrected chi connectivity index (χ1v) is 6.71. The molecule has 4 nitrogen and oxygen atoms in total. The molecule has 0 aliphatic heterocycles. The summed E-state index contributed by atoms with van der Waals surface area (Å²) in [6.45, 7) is 0. The van der Waals surface area contributed by atoms with E-state index in [1.807, 2.05) is 0 Å². The van der Waals surface area contributed by atoms with Crippen molar-refractivity contribution >= 4 is 15.9 Å². The number of halogens is 4. The fourth-order valence-electron chi connectivity index (χ4n) is 1.92. The van der Waals surface area contributed by atoms with Gasteiger partial charge >= 0.3 is 6.18 Å². The van der Waals surface area contributed by atoms with Crippen molar-refractivity contribution in [2.75, 3.05) is 0 Å². The normalized spacial score (nSPS) is 15.6. The van der Waals surface area contributed by atoms with Crippen LogP contribution in [0.3, 0.4) is 0 Å². The molecule has 0 spiro atoms. The highest BCUT2D eigenvalue weighted by molar-refractivity contribution is 9.10. The molecule has 20 heavy (non-hydrogen) atoms. The van der Waals surface area contributed by atoms with E-state index in [9.17, 15) is 18.0 Å². The quantitative estimate of drug-likeness (QED) is 0.906. The molecule has 0 bridgehead atoms. The lowest BCUT2D eigenvalue weighted by Crippen LogP contribution is -2.16. The minimum atomic E-state index is -4.44.